The molecule has 10 fully saturated rings. The zero-order valence-electron chi connectivity index (χ0n) is 16.0. The van der Waals surface area contributed by atoms with Gasteiger partial charge in [0.1, 0.15) is 0 Å². The van der Waals surface area contributed by atoms with Gasteiger partial charge in [-0.15, -0.1) is 0 Å². The second-order valence-electron chi connectivity index (χ2n) is 13.8. The molecule has 0 saturated carbocycles. The molecule has 2 aromatic rings. The first kappa shape index (κ1) is 13.1. The molecule has 1 spiro atoms. The maximum atomic E-state index is 7.19. The molecule has 0 aromatic heterocycles. The van der Waals surface area contributed by atoms with Gasteiger partial charge in [-0.25, -0.2) is 0 Å². The average Bonchev–Trinajstić information content (AvgIpc) is 3.67. The topological polar surface area (TPSA) is 3.24 Å². The number of hydrogen-bond donors (Lipinski definition) is 0. The van der Waals surface area contributed by atoms with Crippen LogP contribution in [0.5, 0.6) is 0 Å². The molecule has 12 rings (SSSR count). The predicted octanol–water partition coefficient (Wildman–Crippen LogP) is 4.88. The average molecular weight is 445 g/mol. The summed E-state index contributed by atoms with van der Waals surface area (Å²) in [4.78, 5) is 13.0. The van der Waals surface area contributed by atoms with Crippen LogP contribution in [0, 0.1) is 0 Å². The number of rotatable bonds is 4. The molecule has 10 aliphatic rings. The van der Waals surface area contributed by atoms with E-state index in [1.54, 1.807) is 10.6 Å². The van der Waals surface area contributed by atoms with Crippen molar-refractivity contribution in [1.82, 2.24) is 4.90 Å². The van der Waals surface area contributed by atoms with Gasteiger partial charge in [-0.3, -0.25) is 0 Å². The molecule has 1 nitrogen and oxygen atoms in total. The summed E-state index contributed by atoms with van der Waals surface area (Å²) in [5, 5.41) is 3.12. The zero-order chi connectivity index (χ0) is 18.2. The van der Waals surface area contributed by atoms with E-state index in [4.69, 9.17) is 11.8 Å². The van der Waals surface area contributed by atoms with Crippen LogP contribution in [0.3, 0.4) is 0 Å². The SMILES string of the molecule is CN(C)[C]12[CH]3[CH]4[CH]5[C]1(P(=S)(c1ccccc1)c1ccccc1)[Fe]43521678[CH]2[CH]1[CH]6[CH]7[CH]28. The number of benzene rings is 2. The predicted molar refractivity (Wildman–Crippen MR) is 116 cm³/mol. The Morgan fingerprint density at radius 3 is 1.54 bits per heavy atom. The number of fused-ring (bicyclic) bond motifs is 10. The van der Waals surface area contributed by atoms with Gasteiger partial charge in [-0.05, 0) is 0 Å². The van der Waals surface area contributed by atoms with Crippen molar-refractivity contribution in [2.24, 2.45) is 0 Å². The zero-order valence-corrected chi connectivity index (χ0v) is 18.9. The summed E-state index contributed by atoms with van der Waals surface area (Å²) < 4.78 is 1.29. The van der Waals surface area contributed by atoms with Crippen LogP contribution in [0.25, 0.3) is 0 Å². The molecule has 0 N–H and O–H groups in total. The van der Waals surface area contributed by atoms with Gasteiger partial charge in [0.2, 0.25) is 0 Å². The fourth-order valence-corrected chi connectivity index (χ4v) is 120. The molecule has 10 aliphatic heterocycles. The van der Waals surface area contributed by atoms with Crippen molar-refractivity contribution < 1.29 is 6.51 Å². The Labute approximate surface area is 161 Å². The van der Waals surface area contributed by atoms with Gasteiger partial charge in [-0.1, -0.05) is 0 Å². The minimum absolute atomic E-state index is 0.626. The number of nitrogens with zero attached hydrogens (tertiary/aromatic N) is 1. The third kappa shape index (κ3) is 0.212. The summed E-state index contributed by atoms with van der Waals surface area (Å²) in [7, 11) is 4.97. The molecule has 5 unspecified atom stereocenters. The fraction of sp³-hybridized carbons (Fsp3) is 0.500. The van der Waals surface area contributed by atoms with E-state index in [9.17, 15) is 0 Å². The van der Waals surface area contributed by atoms with Crippen LogP contribution in [-0.4, -0.2) is 27.5 Å². The summed E-state index contributed by atoms with van der Waals surface area (Å²) >= 11 is 7.19. The summed E-state index contributed by atoms with van der Waals surface area (Å²) in [6.45, 7) is -3.61. The van der Waals surface area contributed by atoms with Crippen molar-refractivity contribution in [3.05, 3.63) is 60.7 Å². The van der Waals surface area contributed by atoms with Crippen molar-refractivity contribution in [3.8, 4) is 0 Å². The van der Waals surface area contributed by atoms with Crippen LogP contribution >= 0.6 is 6.04 Å². The first-order chi connectivity index (χ1) is 13.3. The summed E-state index contributed by atoms with van der Waals surface area (Å²) in [5.41, 5.74) is 0. The second kappa shape index (κ2) is 1.56. The van der Waals surface area contributed by atoms with E-state index in [1.807, 2.05) is 0 Å². The van der Waals surface area contributed by atoms with E-state index in [2.05, 4.69) is 79.7 Å². The van der Waals surface area contributed by atoms with Gasteiger partial charge in [0.05, 0.1) is 0 Å². The van der Waals surface area contributed by atoms with E-state index in [0.29, 0.717) is 8.49 Å². The van der Waals surface area contributed by atoms with Crippen molar-refractivity contribution in [2.45, 2.75) is 47.0 Å². The molecular weight excluding hydrogens is 421 g/mol. The third-order valence-corrected chi connectivity index (χ3v) is 71.4. The molecular formula is C24H24FeNPS. The van der Waals surface area contributed by atoms with E-state index in [-0.39, 0.29) is 0 Å². The number of hydrogen-bond acceptors (Lipinski definition) is 2. The van der Waals surface area contributed by atoms with E-state index in [1.165, 1.54) is 38.5 Å². The molecule has 0 aliphatic carbocycles. The summed E-state index contributed by atoms with van der Waals surface area (Å²) in [6.07, 6.45) is 0. The molecule has 28 heavy (non-hydrogen) atoms. The van der Waals surface area contributed by atoms with Gasteiger partial charge in [0.15, 0.2) is 0 Å². The molecule has 0 radical (unpaired) electrons. The van der Waals surface area contributed by atoms with Crippen LogP contribution in [0.4, 0.5) is 0 Å². The van der Waals surface area contributed by atoms with Crippen LogP contribution in [0.1, 0.15) is 0 Å². The molecule has 5 atom stereocenters. The Balaban J connectivity index is 1.36. The third-order valence-electron chi connectivity index (χ3n) is 18.0. The van der Waals surface area contributed by atoms with Crippen molar-refractivity contribution in [2.75, 3.05) is 14.1 Å². The van der Waals surface area contributed by atoms with Crippen LogP contribution < -0.4 is 10.6 Å². The molecule has 10 heterocycles. The van der Waals surface area contributed by atoms with E-state index >= 15 is 0 Å². The van der Waals surface area contributed by atoms with Crippen molar-refractivity contribution in [1.29, 1.82) is 0 Å². The first-order valence-electron chi connectivity index (χ1n) is 10.9. The Hall–Kier alpha value is -0.431. The second-order valence-corrected chi connectivity index (χ2v) is 42.0. The van der Waals surface area contributed by atoms with Crippen molar-refractivity contribution >= 4 is 28.5 Å². The fourth-order valence-electron chi connectivity index (χ4n) is 20.3. The first-order valence-corrected chi connectivity index (χ1v) is 19.9. The Morgan fingerprint density at radius 1 is 0.750 bits per heavy atom. The Kier molecular flexibility index (Phi) is 0.728. The van der Waals surface area contributed by atoms with Gasteiger partial charge in [0.25, 0.3) is 0 Å². The van der Waals surface area contributed by atoms with Crippen LogP contribution in [-0.2, 0) is 18.3 Å². The standard InChI is InChI=1S/C19H19NPS.C5H5.Fe/c1-20(2)18-14-9-15-19(18)21(22,16-10-5-3-6-11-16)17-12-7-4-8-13-17;1-2-4-5-3-1;/h3-15H,1-2H3;1-5H;. The van der Waals surface area contributed by atoms with Crippen molar-refractivity contribution in [3.63, 3.8) is 0 Å². The maximum absolute atomic E-state index is 7.19. The van der Waals surface area contributed by atoms with E-state index in [0.717, 1.165) is 0 Å². The quantitative estimate of drug-likeness (QED) is 0.488. The van der Waals surface area contributed by atoms with Gasteiger partial charge in [-0.2, -0.15) is 0 Å². The molecule has 0 bridgehead atoms. The summed E-state index contributed by atoms with van der Waals surface area (Å²) in [5.74, 6) is 0. The molecule has 144 valence electrons. The minimum atomic E-state index is -3.61. The molecule has 4 heteroatoms. The van der Waals surface area contributed by atoms with Gasteiger partial charge < -0.3 is 0 Å². The molecule has 10 saturated heterocycles. The van der Waals surface area contributed by atoms with Gasteiger partial charge >= 0.3 is 162 Å². The van der Waals surface area contributed by atoms with Gasteiger partial charge in [0, 0.05) is 0 Å². The van der Waals surface area contributed by atoms with Crippen LogP contribution in [0.15, 0.2) is 60.7 Å². The van der Waals surface area contributed by atoms with Crippen LogP contribution in [0.2, 0.25) is 38.5 Å². The molecule has 0 amide bonds. The monoisotopic (exact) mass is 445 g/mol. The summed E-state index contributed by atoms with van der Waals surface area (Å²) in [6, 6.07) is 21.4. The molecule has 2 aromatic carbocycles. The Bertz CT molecular complexity index is 1600. The Morgan fingerprint density at radius 2 is 1.21 bits per heavy atom. The van der Waals surface area contributed by atoms with E-state index < -0.39 is 12.5 Å². The normalized spacial score (nSPS) is 80.2.